The Morgan fingerprint density at radius 1 is 1.12 bits per heavy atom. The van der Waals surface area contributed by atoms with Gasteiger partial charge < -0.3 is 10.1 Å². The number of carbonyl (C=O) groups excluding carboxylic acids is 2. The van der Waals surface area contributed by atoms with Gasteiger partial charge >= 0.3 is 0 Å². The van der Waals surface area contributed by atoms with Gasteiger partial charge in [-0.3, -0.25) is 9.59 Å². The number of amides is 1. The lowest BCUT2D eigenvalue weighted by Gasteiger charge is -2.04. The highest BCUT2D eigenvalue weighted by atomic mass is 32.1. The van der Waals surface area contributed by atoms with Crippen LogP contribution in [0.25, 0.3) is 0 Å². The summed E-state index contributed by atoms with van der Waals surface area (Å²) in [6, 6.07) is 16.2. The predicted octanol–water partition coefficient (Wildman–Crippen LogP) is 3.72. The molecule has 25 heavy (non-hydrogen) atoms. The second kappa shape index (κ2) is 8.21. The molecular weight excluding hydrogens is 336 g/mol. The van der Waals surface area contributed by atoms with E-state index in [0.717, 1.165) is 22.7 Å². The Bertz CT molecular complexity index is 845. The quantitative estimate of drug-likeness (QED) is 0.658. The summed E-state index contributed by atoms with van der Waals surface area (Å²) in [5.74, 6) is 0.569. The second-order valence-corrected chi connectivity index (χ2v) is 6.24. The second-order valence-electron chi connectivity index (χ2n) is 5.30. The molecule has 0 bridgehead atoms. The average molecular weight is 352 g/mol. The number of thiazole rings is 1. The summed E-state index contributed by atoms with van der Waals surface area (Å²) in [5.41, 5.74) is 2.14. The minimum atomic E-state index is -0.0996. The van der Waals surface area contributed by atoms with Crippen molar-refractivity contribution < 1.29 is 14.3 Å². The highest BCUT2D eigenvalue weighted by Gasteiger charge is 2.09. The van der Waals surface area contributed by atoms with Gasteiger partial charge in [0.2, 0.25) is 5.91 Å². The van der Waals surface area contributed by atoms with E-state index < -0.39 is 0 Å². The number of rotatable bonds is 7. The van der Waals surface area contributed by atoms with Gasteiger partial charge in [0.1, 0.15) is 23.7 Å². The van der Waals surface area contributed by atoms with E-state index in [1.165, 1.54) is 11.3 Å². The summed E-state index contributed by atoms with van der Waals surface area (Å²) in [7, 11) is 0. The standard InChI is InChI=1S/C19H16N2O3S/c22-11-14-6-8-17(9-7-14)24-12-16-13-25-19(21-16)10-18(23)20-15-4-2-1-3-5-15/h1-9,11,13H,10,12H2,(H,20,23). The molecule has 1 amide bonds. The zero-order valence-electron chi connectivity index (χ0n) is 13.3. The number of para-hydroxylation sites is 1. The number of ether oxygens (including phenoxy) is 1. The maximum atomic E-state index is 12.0. The van der Waals surface area contributed by atoms with Crippen molar-refractivity contribution in [3.8, 4) is 5.75 Å². The molecule has 1 aromatic heterocycles. The zero-order valence-corrected chi connectivity index (χ0v) is 14.2. The topological polar surface area (TPSA) is 68.3 Å². The Morgan fingerprint density at radius 2 is 1.88 bits per heavy atom. The molecular formula is C19H16N2O3S. The van der Waals surface area contributed by atoms with Gasteiger partial charge in [0.25, 0.3) is 0 Å². The van der Waals surface area contributed by atoms with Gasteiger partial charge in [0, 0.05) is 16.6 Å². The van der Waals surface area contributed by atoms with E-state index in [1.807, 2.05) is 35.7 Å². The molecule has 0 saturated carbocycles. The number of carbonyl (C=O) groups is 2. The van der Waals surface area contributed by atoms with Crippen molar-refractivity contribution in [2.45, 2.75) is 13.0 Å². The normalized spacial score (nSPS) is 10.2. The lowest BCUT2D eigenvalue weighted by Crippen LogP contribution is -2.14. The first-order valence-corrected chi connectivity index (χ1v) is 8.57. The number of benzene rings is 2. The van der Waals surface area contributed by atoms with Gasteiger partial charge in [-0.2, -0.15) is 0 Å². The molecule has 126 valence electrons. The van der Waals surface area contributed by atoms with E-state index in [4.69, 9.17) is 4.74 Å². The van der Waals surface area contributed by atoms with E-state index in [0.29, 0.717) is 17.9 Å². The highest BCUT2D eigenvalue weighted by Crippen LogP contribution is 2.16. The fraction of sp³-hybridized carbons (Fsp3) is 0.105. The van der Waals surface area contributed by atoms with Gasteiger partial charge in [-0.1, -0.05) is 18.2 Å². The lowest BCUT2D eigenvalue weighted by molar-refractivity contribution is -0.115. The van der Waals surface area contributed by atoms with Crippen LogP contribution in [0.4, 0.5) is 5.69 Å². The van der Waals surface area contributed by atoms with Gasteiger partial charge in [-0.25, -0.2) is 4.98 Å². The summed E-state index contributed by atoms with van der Waals surface area (Å²) in [5, 5.41) is 5.46. The van der Waals surface area contributed by atoms with Gasteiger partial charge in [-0.15, -0.1) is 11.3 Å². The molecule has 0 unspecified atom stereocenters. The van der Waals surface area contributed by atoms with Crippen LogP contribution >= 0.6 is 11.3 Å². The van der Waals surface area contributed by atoms with Crippen LogP contribution < -0.4 is 10.1 Å². The summed E-state index contributed by atoms with van der Waals surface area (Å²) in [4.78, 5) is 27.1. The molecule has 0 saturated heterocycles. The largest absolute Gasteiger partial charge is 0.487 e. The maximum absolute atomic E-state index is 12.0. The minimum Gasteiger partial charge on any atom is -0.487 e. The zero-order chi connectivity index (χ0) is 17.5. The average Bonchev–Trinajstić information content (AvgIpc) is 3.08. The molecule has 0 aliphatic heterocycles. The summed E-state index contributed by atoms with van der Waals surface area (Å²) >= 11 is 1.43. The third-order valence-corrected chi connectivity index (χ3v) is 4.27. The Labute approximate surface area is 149 Å². The number of aldehydes is 1. The van der Waals surface area contributed by atoms with Crippen molar-refractivity contribution in [3.63, 3.8) is 0 Å². The molecule has 0 spiro atoms. The molecule has 3 aromatic rings. The fourth-order valence-corrected chi connectivity index (χ4v) is 2.94. The lowest BCUT2D eigenvalue weighted by atomic mass is 10.2. The first-order valence-electron chi connectivity index (χ1n) is 7.69. The van der Waals surface area contributed by atoms with Crippen molar-refractivity contribution >= 4 is 29.2 Å². The van der Waals surface area contributed by atoms with Gasteiger partial charge in [0.05, 0.1) is 12.1 Å². The summed E-state index contributed by atoms with van der Waals surface area (Å²) in [6.45, 7) is 0.317. The fourth-order valence-electron chi connectivity index (χ4n) is 2.16. The maximum Gasteiger partial charge on any atom is 0.231 e. The Balaban J connectivity index is 1.51. The van der Waals surface area contributed by atoms with Crippen molar-refractivity contribution in [2.75, 3.05) is 5.32 Å². The molecule has 1 N–H and O–H groups in total. The number of anilines is 1. The molecule has 5 nitrogen and oxygen atoms in total. The van der Waals surface area contributed by atoms with Crippen LogP contribution in [-0.2, 0) is 17.8 Å². The monoisotopic (exact) mass is 352 g/mol. The van der Waals surface area contributed by atoms with Crippen LogP contribution in [0.5, 0.6) is 5.75 Å². The van der Waals surface area contributed by atoms with Gasteiger partial charge in [0.15, 0.2) is 0 Å². The molecule has 2 aromatic carbocycles. The van der Waals surface area contributed by atoms with Gasteiger partial charge in [-0.05, 0) is 36.4 Å². The summed E-state index contributed by atoms with van der Waals surface area (Å²) in [6.07, 6.45) is 1.02. The van der Waals surface area contributed by atoms with Crippen LogP contribution in [0.1, 0.15) is 21.1 Å². The molecule has 0 aliphatic carbocycles. The number of hydrogen-bond donors (Lipinski definition) is 1. The van der Waals surface area contributed by atoms with Crippen molar-refractivity contribution in [1.29, 1.82) is 0 Å². The minimum absolute atomic E-state index is 0.0996. The predicted molar refractivity (Wildman–Crippen MR) is 97.1 cm³/mol. The molecule has 0 atom stereocenters. The van der Waals surface area contributed by atoms with E-state index in [-0.39, 0.29) is 12.3 Å². The highest BCUT2D eigenvalue weighted by molar-refractivity contribution is 7.09. The smallest absolute Gasteiger partial charge is 0.231 e. The van der Waals surface area contributed by atoms with Crippen molar-refractivity contribution in [2.24, 2.45) is 0 Å². The first kappa shape index (κ1) is 16.9. The van der Waals surface area contributed by atoms with Crippen LogP contribution in [0.3, 0.4) is 0 Å². The SMILES string of the molecule is O=Cc1ccc(OCc2csc(CC(=O)Nc3ccccc3)n2)cc1. The number of aromatic nitrogens is 1. The Hall–Kier alpha value is -2.99. The third-order valence-electron chi connectivity index (χ3n) is 3.37. The van der Waals surface area contributed by atoms with E-state index in [2.05, 4.69) is 10.3 Å². The summed E-state index contributed by atoms with van der Waals surface area (Å²) < 4.78 is 5.63. The van der Waals surface area contributed by atoms with E-state index >= 15 is 0 Å². The van der Waals surface area contributed by atoms with Crippen LogP contribution in [-0.4, -0.2) is 17.2 Å². The van der Waals surface area contributed by atoms with Crippen LogP contribution in [0.2, 0.25) is 0 Å². The van der Waals surface area contributed by atoms with Crippen molar-refractivity contribution in [3.05, 3.63) is 76.2 Å². The third kappa shape index (κ3) is 4.99. The van der Waals surface area contributed by atoms with Crippen molar-refractivity contribution in [1.82, 2.24) is 4.98 Å². The number of hydrogen-bond acceptors (Lipinski definition) is 5. The molecule has 0 radical (unpaired) electrons. The number of nitrogens with zero attached hydrogens (tertiary/aromatic N) is 1. The van der Waals surface area contributed by atoms with Crippen LogP contribution in [0, 0.1) is 0 Å². The molecule has 6 heteroatoms. The molecule has 1 heterocycles. The molecule has 0 aliphatic rings. The first-order chi connectivity index (χ1) is 12.2. The number of nitrogens with one attached hydrogen (secondary N) is 1. The molecule has 3 rings (SSSR count). The van der Waals surface area contributed by atoms with E-state index in [9.17, 15) is 9.59 Å². The Kier molecular flexibility index (Phi) is 5.53. The van der Waals surface area contributed by atoms with Crippen LogP contribution in [0.15, 0.2) is 60.0 Å². The molecule has 0 fully saturated rings. The van der Waals surface area contributed by atoms with E-state index in [1.54, 1.807) is 24.3 Å². The Morgan fingerprint density at radius 3 is 2.60 bits per heavy atom.